The molecule has 136 valence electrons. The van der Waals surface area contributed by atoms with Crippen LogP contribution in [0.2, 0.25) is 0 Å². The van der Waals surface area contributed by atoms with E-state index in [2.05, 4.69) is 0 Å². The highest BCUT2D eigenvalue weighted by Crippen LogP contribution is 2.40. The van der Waals surface area contributed by atoms with Gasteiger partial charge in [-0.15, -0.1) is 0 Å². The van der Waals surface area contributed by atoms with Crippen LogP contribution in [-0.4, -0.2) is 34.6 Å². The van der Waals surface area contributed by atoms with Crippen LogP contribution in [0, 0.1) is 5.92 Å². The van der Waals surface area contributed by atoms with Crippen molar-refractivity contribution in [2.45, 2.75) is 70.7 Å². The van der Waals surface area contributed by atoms with Gasteiger partial charge in [-0.05, 0) is 52.0 Å². The normalized spacial score (nSPS) is 25.6. The highest BCUT2D eigenvalue weighted by Gasteiger charge is 2.46. The molecule has 0 radical (unpaired) electrons. The maximum Gasteiger partial charge on any atom is 0.410 e. The summed E-state index contributed by atoms with van der Waals surface area (Å²) >= 11 is 0. The summed E-state index contributed by atoms with van der Waals surface area (Å²) in [5, 5.41) is 0. The molecule has 3 rings (SSSR count). The molecule has 1 aromatic carbocycles. The summed E-state index contributed by atoms with van der Waals surface area (Å²) in [4.78, 5) is 26.7. The van der Waals surface area contributed by atoms with E-state index in [1.807, 2.05) is 56.0 Å². The maximum absolute atomic E-state index is 12.4. The number of fused-ring (bicyclic) bond motifs is 2. The first-order valence-electron chi connectivity index (χ1n) is 9.05. The van der Waals surface area contributed by atoms with Gasteiger partial charge in [0.1, 0.15) is 12.2 Å². The standard InChI is InChI=1S/C20H27NO4/c1-20(2,3)25-19(23)21-16-9-10-17(21)12-15(11-16)18(22)24-13-14-7-5-4-6-8-14/h4-8,15-17H,9-13H2,1-3H3/t15-,16-,17+. The van der Waals surface area contributed by atoms with Crippen molar-refractivity contribution in [1.82, 2.24) is 4.90 Å². The smallest absolute Gasteiger partial charge is 0.410 e. The predicted molar refractivity (Wildman–Crippen MR) is 93.8 cm³/mol. The zero-order valence-electron chi connectivity index (χ0n) is 15.2. The fourth-order valence-corrected chi connectivity index (χ4v) is 3.83. The minimum atomic E-state index is -0.498. The predicted octanol–water partition coefficient (Wildman–Crippen LogP) is 3.91. The number of ether oxygens (including phenoxy) is 2. The van der Waals surface area contributed by atoms with Crippen LogP contribution >= 0.6 is 0 Å². The summed E-state index contributed by atoms with van der Waals surface area (Å²) in [6.45, 7) is 5.93. The SMILES string of the molecule is CC(C)(C)OC(=O)N1[C@@H]2CC[C@H]1C[C@H](C(=O)OCc1ccccc1)C2. The number of carbonyl (C=O) groups is 2. The van der Waals surface area contributed by atoms with Gasteiger partial charge in [-0.3, -0.25) is 4.79 Å². The molecule has 25 heavy (non-hydrogen) atoms. The number of hydrogen-bond acceptors (Lipinski definition) is 4. The molecular weight excluding hydrogens is 318 g/mol. The highest BCUT2D eigenvalue weighted by atomic mass is 16.6. The molecular formula is C20H27NO4. The summed E-state index contributed by atoms with van der Waals surface area (Å²) in [5.41, 5.74) is 0.493. The first kappa shape index (κ1) is 17.8. The Morgan fingerprint density at radius 3 is 2.24 bits per heavy atom. The van der Waals surface area contributed by atoms with Crippen molar-refractivity contribution in [2.24, 2.45) is 5.92 Å². The lowest BCUT2D eigenvalue weighted by molar-refractivity contribution is -0.152. The van der Waals surface area contributed by atoms with Crippen LogP contribution < -0.4 is 0 Å². The third kappa shape index (κ3) is 4.33. The van der Waals surface area contributed by atoms with Gasteiger partial charge in [-0.25, -0.2) is 4.79 Å². The second kappa shape index (κ2) is 7.06. The van der Waals surface area contributed by atoms with Crippen molar-refractivity contribution in [3.63, 3.8) is 0 Å². The molecule has 0 spiro atoms. The monoisotopic (exact) mass is 345 g/mol. The maximum atomic E-state index is 12.4. The molecule has 0 aromatic heterocycles. The molecule has 2 saturated heterocycles. The van der Waals surface area contributed by atoms with E-state index in [4.69, 9.17) is 9.47 Å². The first-order valence-corrected chi connectivity index (χ1v) is 9.05. The van der Waals surface area contributed by atoms with E-state index in [1.165, 1.54) is 0 Å². The van der Waals surface area contributed by atoms with Gasteiger partial charge in [0.15, 0.2) is 0 Å². The minimum Gasteiger partial charge on any atom is -0.461 e. The molecule has 2 fully saturated rings. The minimum absolute atomic E-state index is 0.0860. The van der Waals surface area contributed by atoms with E-state index in [0.29, 0.717) is 19.4 Å². The van der Waals surface area contributed by atoms with Gasteiger partial charge in [-0.2, -0.15) is 0 Å². The van der Waals surface area contributed by atoms with E-state index >= 15 is 0 Å². The molecule has 0 unspecified atom stereocenters. The number of amides is 1. The largest absolute Gasteiger partial charge is 0.461 e. The summed E-state index contributed by atoms with van der Waals surface area (Å²) < 4.78 is 11.0. The fraction of sp³-hybridized carbons (Fsp3) is 0.600. The first-order chi connectivity index (χ1) is 11.8. The Morgan fingerprint density at radius 1 is 1.08 bits per heavy atom. The highest BCUT2D eigenvalue weighted by molar-refractivity contribution is 5.74. The van der Waals surface area contributed by atoms with Crippen LogP contribution in [0.4, 0.5) is 4.79 Å². The van der Waals surface area contributed by atoms with Crippen LogP contribution in [-0.2, 0) is 20.9 Å². The van der Waals surface area contributed by atoms with Gasteiger partial charge in [0.2, 0.25) is 0 Å². The molecule has 0 aliphatic carbocycles. The van der Waals surface area contributed by atoms with Crippen molar-refractivity contribution in [2.75, 3.05) is 0 Å². The van der Waals surface area contributed by atoms with Crippen molar-refractivity contribution >= 4 is 12.1 Å². The number of carbonyl (C=O) groups excluding carboxylic acids is 2. The van der Waals surface area contributed by atoms with Crippen LogP contribution in [0.5, 0.6) is 0 Å². The Balaban J connectivity index is 1.56. The number of esters is 1. The van der Waals surface area contributed by atoms with E-state index < -0.39 is 5.60 Å². The summed E-state index contributed by atoms with van der Waals surface area (Å²) in [7, 11) is 0. The van der Waals surface area contributed by atoms with E-state index in [-0.39, 0.29) is 30.1 Å². The number of piperidine rings is 1. The second-order valence-corrected chi connectivity index (χ2v) is 8.03. The molecule has 1 amide bonds. The number of benzene rings is 1. The zero-order valence-corrected chi connectivity index (χ0v) is 15.2. The molecule has 0 saturated carbocycles. The summed E-state index contributed by atoms with van der Waals surface area (Å²) in [6.07, 6.45) is 2.96. The Morgan fingerprint density at radius 2 is 1.68 bits per heavy atom. The lowest BCUT2D eigenvalue weighted by Gasteiger charge is -2.38. The molecule has 5 nitrogen and oxygen atoms in total. The molecule has 2 heterocycles. The molecule has 2 bridgehead atoms. The quantitative estimate of drug-likeness (QED) is 0.780. The lowest BCUT2D eigenvalue weighted by atomic mass is 9.91. The van der Waals surface area contributed by atoms with Crippen LogP contribution in [0.1, 0.15) is 52.0 Å². The van der Waals surface area contributed by atoms with E-state index in [0.717, 1.165) is 18.4 Å². The average Bonchev–Trinajstić information content (AvgIpc) is 2.82. The lowest BCUT2D eigenvalue weighted by Crippen LogP contribution is -2.49. The molecule has 2 aliphatic rings. The van der Waals surface area contributed by atoms with Gasteiger partial charge < -0.3 is 14.4 Å². The summed E-state index contributed by atoms with van der Waals surface area (Å²) in [6, 6.07) is 9.87. The van der Waals surface area contributed by atoms with Crippen molar-refractivity contribution in [1.29, 1.82) is 0 Å². The Labute approximate surface area is 149 Å². The van der Waals surface area contributed by atoms with E-state index in [1.54, 1.807) is 0 Å². The average molecular weight is 345 g/mol. The van der Waals surface area contributed by atoms with E-state index in [9.17, 15) is 9.59 Å². The van der Waals surface area contributed by atoms with Crippen LogP contribution in [0.15, 0.2) is 30.3 Å². The van der Waals surface area contributed by atoms with Gasteiger partial charge in [0.05, 0.1) is 5.92 Å². The van der Waals surface area contributed by atoms with Gasteiger partial charge in [0.25, 0.3) is 0 Å². The number of nitrogens with zero attached hydrogens (tertiary/aromatic N) is 1. The van der Waals surface area contributed by atoms with Crippen LogP contribution in [0.3, 0.4) is 0 Å². The zero-order chi connectivity index (χ0) is 18.0. The van der Waals surface area contributed by atoms with Gasteiger partial charge in [-0.1, -0.05) is 30.3 Å². The Bertz CT molecular complexity index is 608. The van der Waals surface area contributed by atoms with Crippen molar-refractivity contribution < 1.29 is 19.1 Å². The van der Waals surface area contributed by atoms with Gasteiger partial charge >= 0.3 is 12.1 Å². The molecule has 2 aliphatic heterocycles. The van der Waals surface area contributed by atoms with Gasteiger partial charge in [0, 0.05) is 12.1 Å². The van der Waals surface area contributed by atoms with Crippen molar-refractivity contribution in [3.05, 3.63) is 35.9 Å². The van der Waals surface area contributed by atoms with Crippen molar-refractivity contribution in [3.8, 4) is 0 Å². The molecule has 0 N–H and O–H groups in total. The Hall–Kier alpha value is -2.04. The fourth-order valence-electron chi connectivity index (χ4n) is 3.83. The van der Waals surface area contributed by atoms with Crippen LogP contribution in [0.25, 0.3) is 0 Å². The topological polar surface area (TPSA) is 55.8 Å². The Kier molecular flexibility index (Phi) is 5.02. The molecule has 1 aromatic rings. The number of rotatable bonds is 3. The number of hydrogen-bond donors (Lipinski definition) is 0. The summed E-state index contributed by atoms with van der Waals surface area (Å²) in [5.74, 6) is -0.274. The third-order valence-corrected chi connectivity index (χ3v) is 4.89. The molecule has 5 heteroatoms. The molecule has 3 atom stereocenters. The second-order valence-electron chi connectivity index (χ2n) is 8.03. The third-order valence-electron chi connectivity index (χ3n) is 4.89.